The maximum absolute atomic E-state index is 13.5. The summed E-state index contributed by atoms with van der Waals surface area (Å²) >= 11 is 0. The highest BCUT2D eigenvalue weighted by atomic mass is 19.4. The molecule has 0 atom stereocenters. The van der Waals surface area contributed by atoms with Crippen LogP contribution in [0.25, 0.3) is 10.9 Å². The second-order valence-corrected chi connectivity index (χ2v) is 9.24. The van der Waals surface area contributed by atoms with Gasteiger partial charge in [0.1, 0.15) is 12.3 Å². The predicted octanol–water partition coefficient (Wildman–Crippen LogP) is 4.03. The van der Waals surface area contributed by atoms with Crippen LogP contribution in [0.5, 0.6) is 5.75 Å². The Balaban J connectivity index is 1.59. The number of primary amides is 1. The molecule has 12 heteroatoms. The number of carboxylic acids is 1. The van der Waals surface area contributed by atoms with E-state index in [1.165, 1.54) is 25.3 Å². The number of benzene rings is 2. The third-order valence-corrected chi connectivity index (χ3v) is 6.38. The number of aliphatic imine (C=N–C) groups is 1. The average molecular weight is 556 g/mol. The summed E-state index contributed by atoms with van der Waals surface area (Å²) in [6.07, 6.45) is -3.21. The first-order valence-electron chi connectivity index (χ1n) is 12.4. The van der Waals surface area contributed by atoms with Crippen LogP contribution >= 0.6 is 0 Å². The van der Waals surface area contributed by atoms with Crippen molar-refractivity contribution in [3.8, 4) is 17.6 Å². The number of carbonyl (C=O) groups excluding carboxylic acids is 1. The van der Waals surface area contributed by atoms with E-state index in [0.717, 1.165) is 10.3 Å². The Morgan fingerprint density at radius 1 is 1.18 bits per heavy atom. The number of aromatic carboxylic acids is 1. The third-order valence-electron chi connectivity index (χ3n) is 6.38. The third kappa shape index (κ3) is 7.12. The van der Waals surface area contributed by atoms with Gasteiger partial charge in [0.2, 0.25) is 5.91 Å². The molecule has 1 amide bonds. The van der Waals surface area contributed by atoms with E-state index < -0.39 is 24.6 Å². The lowest BCUT2D eigenvalue weighted by molar-refractivity contribution is -0.140. The van der Waals surface area contributed by atoms with Gasteiger partial charge < -0.3 is 25.5 Å². The molecule has 2 heterocycles. The Bertz CT molecular complexity index is 1510. The number of alkyl halides is 3. The molecule has 0 radical (unpaired) electrons. The Morgan fingerprint density at radius 3 is 2.58 bits per heavy atom. The van der Waals surface area contributed by atoms with Crippen molar-refractivity contribution in [3.05, 3.63) is 53.7 Å². The van der Waals surface area contributed by atoms with E-state index in [1.54, 1.807) is 24.3 Å². The highest BCUT2D eigenvalue weighted by Crippen LogP contribution is 2.32. The molecule has 0 spiro atoms. The summed E-state index contributed by atoms with van der Waals surface area (Å²) in [4.78, 5) is 29.0. The maximum Gasteiger partial charge on any atom is 0.406 e. The smallest absolute Gasteiger partial charge is 0.406 e. The lowest BCUT2D eigenvalue weighted by atomic mass is 10.1. The number of carboxylic acid groups (broad SMARTS) is 1. The Morgan fingerprint density at radius 2 is 1.93 bits per heavy atom. The number of nitrogens with one attached hydrogen (secondary N) is 1. The van der Waals surface area contributed by atoms with Gasteiger partial charge in [0.05, 0.1) is 48.3 Å². The van der Waals surface area contributed by atoms with Crippen LogP contribution in [0.4, 0.5) is 24.5 Å². The number of methoxy groups -OCH3 is 1. The standard InChI is InChI=1S/C28H28F3N5O4/c1-40-25-14-18(27(38)39)7-8-23(25)33-11-3-4-20-15-21-22(5-2-6-24(21)36(20)17-28(29,30)31)34-19-9-12-35(13-10-19)16-26(32)37/h2,5-8,14-15,33H,9-13,16-17H2,1H3,(H2,32,37)(H,38,39). The summed E-state index contributed by atoms with van der Waals surface area (Å²) in [5.41, 5.74) is 7.84. The highest BCUT2D eigenvalue weighted by molar-refractivity contribution is 5.97. The van der Waals surface area contributed by atoms with Crippen LogP contribution in [-0.2, 0) is 11.3 Å². The van der Waals surface area contributed by atoms with Crippen LogP contribution in [0.15, 0.2) is 47.5 Å². The summed E-state index contributed by atoms with van der Waals surface area (Å²) in [7, 11) is 1.40. The number of fused-ring (bicyclic) bond motifs is 1. The SMILES string of the molecule is COc1cc(C(=O)O)ccc1NCC#Cc1cc2c(N=C3CCN(CC(N)=O)CC3)cccc2n1CC(F)(F)F. The van der Waals surface area contributed by atoms with Gasteiger partial charge in [-0.25, -0.2) is 4.79 Å². The Hall–Kier alpha value is -4.50. The monoisotopic (exact) mass is 555 g/mol. The van der Waals surface area contributed by atoms with E-state index >= 15 is 0 Å². The molecule has 0 saturated carbocycles. The first kappa shape index (κ1) is 28.5. The number of halogens is 3. The second kappa shape index (κ2) is 12.1. The molecule has 1 aliphatic heterocycles. The molecule has 1 aliphatic rings. The van der Waals surface area contributed by atoms with Gasteiger partial charge >= 0.3 is 12.1 Å². The highest BCUT2D eigenvalue weighted by Gasteiger charge is 2.30. The summed E-state index contributed by atoms with van der Waals surface area (Å²) in [6, 6.07) is 11.0. The van der Waals surface area contributed by atoms with Crippen molar-refractivity contribution in [2.45, 2.75) is 25.6 Å². The number of carbonyl (C=O) groups is 2. The number of aromatic nitrogens is 1. The molecule has 1 saturated heterocycles. The minimum absolute atomic E-state index is 0.0562. The topological polar surface area (TPSA) is 122 Å². The van der Waals surface area contributed by atoms with E-state index in [-0.39, 0.29) is 24.3 Å². The van der Waals surface area contributed by atoms with Gasteiger partial charge in [-0.1, -0.05) is 12.0 Å². The fraction of sp³-hybridized carbons (Fsp3) is 0.321. The number of rotatable bonds is 8. The fourth-order valence-corrected chi connectivity index (χ4v) is 4.54. The Kier molecular flexibility index (Phi) is 8.64. The summed E-state index contributed by atoms with van der Waals surface area (Å²) in [5.74, 6) is 4.49. The molecule has 4 N–H and O–H groups in total. The van der Waals surface area contributed by atoms with Crippen molar-refractivity contribution >= 4 is 39.9 Å². The number of nitrogens with two attached hydrogens (primary N) is 1. The number of hydrogen-bond acceptors (Lipinski definition) is 6. The van der Waals surface area contributed by atoms with Gasteiger partial charge in [-0.15, -0.1) is 0 Å². The second-order valence-electron chi connectivity index (χ2n) is 9.24. The summed E-state index contributed by atoms with van der Waals surface area (Å²) in [5, 5.41) is 12.7. The molecule has 1 aromatic heterocycles. The van der Waals surface area contributed by atoms with Crippen molar-refractivity contribution in [3.63, 3.8) is 0 Å². The van der Waals surface area contributed by atoms with Gasteiger partial charge in [-0.2, -0.15) is 13.2 Å². The first-order valence-corrected chi connectivity index (χ1v) is 12.4. The van der Waals surface area contributed by atoms with Gasteiger partial charge in [-0.3, -0.25) is 14.7 Å². The van der Waals surface area contributed by atoms with Crippen molar-refractivity contribution in [2.75, 3.05) is 38.6 Å². The minimum atomic E-state index is -4.46. The van der Waals surface area contributed by atoms with Crippen LogP contribution in [0.3, 0.4) is 0 Å². The van der Waals surface area contributed by atoms with Gasteiger partial charge in [0, 0.05) is 24.2 Å². The fourth-order valence-electron chi connectivity index (χ4n) is 4.54. The maximum atomic E-state index is 13.5. The zero-order valence-corrected chi connectivity index (χ0v) is 21.7. The number of nitrogens with zero attached hydrogens (tertiary/aromatic N) is 3. The molecular formula is C28H28F3N5O4. The largest absolute Gasteiger partial charge is 0.495 e. The predicted molar refractivity (Wildman–Crippen MR) is 145 cm³/mol. The molecule has 0 bridgehead atoms. The van der Waals surface area contributed by atoms with Crippen LogP contribution in [0.2, 0.25) is 0 Å². The van der Waals surface area contributed by atoms with Crippen molar-refractivity contribution in [2.24, 2.45) is 10.7 Å². The van der Waals surface area contributed by atoms with E-state index in [1.807, 2.05) is 4.90 Å². The number of amides is 1. The molecule has 210 valence electrons. The minimum Gasteiger partial charge on any atom is -0.495 e. The van der Waals surface area contributed by atoms with Gasteiger partial charge in [0.15, 0.2) is 0 Å². The van der Waals surface area contributed by atoms with E-state index in [2.05, 4.69) is 17.2 Å². The van der Waals surface area contributed by atoms with Crippen molar-refractivity contribution < 1.29 is 32.6 Å². The zero-order valence-electron chi connectivity index (χ0n) is 21.7. The van der Waals surface area contributed by atoms with Crippen molar-refractivity contribution in [1.82, 2.24) is 9.47 Å². The first-order chi connectivity index (χ1) is 19.0. The van der Waals surface area contributed by atoms with Gasteiger partial charge in [-0.05, 0) is 55.2 Å². The number of likely N-dealkylation sites (tertiary alicyclic amines) is 1. The average Bonchev–Trinajstić information content (AvgIpc) is 3.24. The van der Waals surface area contributed by atoms with E-state index in [0.29, 0.717) is 54.0 Å². The van der Waals surface area contributed by atoms with E-state index in [9.17, 15) is 22.8 Å². The number of hydrogen-bond donors (Lipinski definition) is 3. The van der Waals surface area contributed by atoms with Crippen LogP contribution in [0, 0.1) is 11.8 Å². The summed E-state index contributed by atoms with van der Waals surface area (Å²) in [6.45, 7) is 0.301. The van der Waals surface area contributed by atoms with Crippen LogP contribution in [-0.4, -0.2) is 71.6 Å². The molecular weight excluding hydrogens is 527 g/mol. The van der Waals surface area contributed by atoms with Crippen LogP contribution < -0.4 is 15.8 Å². The number of ether oxygens (including phenoxy) is 1. The zero-order chi connectivity index (χ0) is 28.9. The number of anilines is 1. The number of piperidine rings is 1. The molecule has 40 heavy (non-hydrogen) atoms. The molecule has 1 fully saturated rings. The molecule has 2 aromatic carbocycles. The van der Waals surface area contributed by atoms with Crippen molar-refractivity contribution in [1.29, 1.82) is 0 Å². The van der Waals surface area contributed by atoms with Crippen LogP contribution in [0.1, 0.15) is 28.9 Å². The van der Waals surface area contributed by atoms with E-state index in [4.69, 9.17) is 20.6 Å². The lowest BCUT2D eigenvalue weighted by Crippen LogP contribution is -2.39. The lowest BCUT2D eigenvalue weighted by Gasteiger charge is -2.26. The normalized spacial score (nSPS) is 13.9. The van der Waals surface area contributed by atoms with Gasteiger partial charge in [0.25, 0.3) is 0 Å². The Labute approximate surface area is 228 Å². The quantitative estimate of drug-likeness (QED) is 0.361. The molecule has 0 aliphatic carbocycles. The summed E-state index contributed by atoms with van der Waals surface area (Å²) < 4.78 is 46.9. The molecule has 3 aromatic rings. The molecule has 9 nitrogen and oxygen atoms in total. The molecule has 0 unspecified atom stereocenters. The molecule has 4 rings (SSSR count).